The predicted molar refractivity (Wildman–Crippen MR) is 189 cm³/mol. The van der Waals surface area contributed by atoms with Crippen LogP contribution in [-0.4, -0.2) is 35.1 Å². The van der Waals surface area contributed by atoms with Crippen molar-refractivity contribution in [2.24, 2.45) is 0 Å². The normalized spacial score (nSPS) is 18.5. The first-order chi connectivity index (χ1) is 19.9. The number of hydrogen-bond acceptors (Lipinski definition) is 2. The van der Waals surface area contributed by atoms with Crippen molar-refractivity contribution >= 4 is 6.08 Å². The van der Waals surface area contributed by atoms with Crippen molar-refractivity contribution in [3.8, 4) is 0 Å². The molecule has 0 aliphatic carbocycles. The van der Waals surface area contributed by atoms with Crippen LogP contribution < -0.4 is 5.32 Å². The van der Waals surface area contributed by atoms with E-state index in [1.807, 2.05) is 61.5 Å². The lowest BCUT2D eigenvalue weighted by Gasteiger charge is -2.48. The van der Waals surface area contributed by atoms with E-state index in [-0.39, 0.29) is 0 Å². The summed E-state index contributed by atoms with van der Waals surface area (Å²) in [7, 11) is 0. The number of hydrogen-bond donors (Lipinski definition) is 2. The summed E-state index contributed by atoms with van der Waals surface area (Å²) in [6.45, 7) is 34.4. The van der Waals surface area contributed by atoms with E-state index >= 15 is 0 Å². The summed E-state index contributed by atoms with van der Waals surface area (Å²) in [6, 6.07) is 9.69. The van der Waals surface area contributed by atoms with Gasteiger partial charge in [-0.2, -0.15) is 0 Å². The molecule has 2 aliphatic heterocycles. The molecule has 236 valence electrons. The van der Waals surface area contributed by atoms with E-state index in [2.05, 4.69) is 86.7 Å². The zero-order chi connectivity index (χ0) is 31.8. The number of likely N-dealkylation sites (tertiary alicyclic amines) is 1. The molecular formula is C38H69N3. The van der Waals surface area contributed by atoms with Crippen LogP contribution >= 0.6 is 0 Å². The van der Waals surface area contributed by atoms with Gasteiger partial charge in [0.05, 0.1) is 0 Å². The van der Waals surface area contributed by atoms with E-state index in [1.54, 1.807) is 6.08 Å². The van der Waals surface area contributed by atoms with Crippen LogP contribution in [0.3, 0.4) is 0 Å². The molecule has 2 aromatic rings. The number of aromatic amines is 1. The summed E-state index contributed by atoms with van der Waals surface area (Å²) in [5, 5.41) is 3.85. The highest BCUT2D eigenvalue weighted by Gasteiger charge is 2.37. The second-order valence-corrected chi connectivity index (χ2v) is 10.1. The lowest BCUT2D eigenvalue weighted by atomic mass is 9.81. The molecule has 2 aliphatic rings. The van der Waals surface area contributed by atoms with Crippen LogP contribution in [0, 0.1) is 20.8 Å². The van der Waals surface area contributed by atoms with Crippen molar-refractivity contribution in [1.29, 1.82) is 0 Å². The minimum atomic E-state index is 0.407. The number of nitrogens with one attached hydrogen (secondary N) is 2. The summed E-state index contributed by atoms with van der Waals surface area (Å²) in [6.07, 6.45) is 13.7. The minimum absolute atomic E-state index is 0.407. The summed E-state index contributed by atoms with van der Waals surface area (Å²) in [5.74, 6) is 0. The fourth-order valence-corrected chi connectivity index (χ4v) is 5.29. The van der Waals surface area contributed by atoms with Gasteiger partial charge in [-0.05, 0) is 101 Å². The van der Waals surface area contributed by atoms with E-state index < -0.39 is 0 Å². The Morgan fingerprint density at radius 3 is 2.05 bits per heavy atom. The molecule has 3 heteroatoms. The average molecular weight is 568 g/mol. The maximum atomic E-state index is 3.85. The van der Waals surface area contributed by atoms with Crippen LogP contribution in [0.15, 0.2) is 43.0 Å². The minimum Gasteiger partial charge on any atom is -0.362 e. The van der Waals surface area contributed by atoms with Gasteiger partial charge in [0, 0.05) is 29.5 Å². The Hall–Kier alpha value is -2.10. The number of aryl methyl sites for hydroxylation is 4. The van der Waals surface area contributed by atoms with E-state index in [4.69, 9.17) is 0 Å². The molecule has 0 radical (unpaired) electrons. The Labute approximate surface area is 257 Å². The molecule has 0 amide bonds. The number of benzene rings is 1. The maximum Gasteiger partial charge on any atom is 0.0320 e. The van der Waals surface area contributed by atoms with E-state index in [0.717, 1.165) is 6.42 Å². The third-order valence-electron chi connectivity index (χ3n) is 7.65. The van der Waals surface area contributed by atoms with Crippen molar-refractivity contribution in [2.45, 2.75) is 140 Å². The molecule has 0 saturated carbocycles. The molecule has 2 unspecified atom stereocenters. The Bertz CT molecular complexity index is 925. The van der Waals surface area contributed by atoms with Crippen molar-refractivity contribution < 1.29 is 0 Å². The third kappa shape index (κ3) is 14.1. The molecule has 1 spiro atoms. The summed E-state index contributed by atoms with van der Waals surface area (Å²) >= 11 is 0. The number of rotatable bonds is 5. The largest absolute Gasteiger partial charge is 0.362 e. The van der Waals surface area contributed by atoms with Gasteiger partial charge in [0.15, 0.2) is 0 Å². The molecule has 2 N–H and O–H groups in total. The first kappa shape index (κ1) is 41.0. The summed E-state index contributed by atoms with van der Waals surface area (Å²) in [5.41, 5.74) is 8.47. The highest BCUT2D eigenvalue weighted by atomic mass is 15.2. The van der Waals surface area contributed by atoms with Gasteiger partial charge in [0.25, 0.3) is 0 Å². The van der Waals surface area contributed by atoms with Gasteiger partial charge in [0.2, 0.25) is 0 Å². The van der Waals surface area contributed by atoms with Crippen LogP contribution in [0.5, 0.6) is 0 Å². The molecule has 4 rings (SSSR count). The van der Waals surface area contributed by atoms with Crippen LogP contribution in [0.4, 0.5) is 0 Å². The molecule has 2 fully saturated rings. The fraction of sp³-hybridized carbons (Fsp3) is 0.632. The smallest absolute Gasteiger partial charge is 0.0320 e. The van der Waals surface area contributed by atoms with E-state index in [9.17, 15) is 0 Å². The molecule has 1 aromatic carbocycles. The van der Waals surface area contributed by atoms with Gasteiger partial charge in [-0.3, -0.25) is 4.90 Å². The number of aromatic nitrogens is 1. The van der Waals surface area contributed by atoms with Gasteiger partial charge in [-0.25, -0.2) is 0 Å². The van der Waals surface area contributed by atoms with Crippen LogP contribution in [0.2, 0.25) is 0 Å². The van der Waals surface area contributed by atoms with E-state index in [0.29, 0.717) is 11.6 Å². The highest BCUT2D eigenvalue weighted by Crippen LogP contribution is 2.33. The van der Waals surface area contributed by atoms with Crippen molar-refractivity contribution in [1.82, 2.24) is 15.2 Å². The predicted octanol–water partition coefficient (Wildman–Crippen LogP) is 11.2. The Balaban J connectivity index is 0. The molecule has 2 atom stereocenters. The van der Waals surface area contributed by atoms with Gasteiger partial charge < -0.3 is 10.3 Å². The molecule has 3 nitrogen and oxygen atoms in total. The van der Waals surface area contributed by atoms with Crippen LogP contribution in [0.1, 0.15) is 141 Å². The monoisotopic (exact) mass is 568 g/mol. The molecule has 2 saturated heterocycles. The van der Waals surface area contributed by atoms with E-state index in [1.165, 1.54) is 85.4 Å². The van der Waals surface area contributed by atoms with Crippen molar-refractivity contribution in [2.75, 3.05) is 19.6 Å². The number of allylic oxidation sites excluding steroid dienone is 2. The van der Waals surface area contributed by atoms with Crippen LogP contribution in [0.25, 0.3) is 6.08 Å². The standard InChI is InChI=1S/C19H30N2.C11H15N.4C2H6/c1-15-7-8-18(13-16(15)2)17(3)21-12-6-10-19(14-21)9-4-5-11-20-19;1-4-6-7-10-8-11(5-2)12-9(10)3;4*1-2/h7-8,13,17,20H,4-6,9-12,14H2,1-3H3;4,6-8,12H,1,5H2,2-3H3;4*1-2H3/b;7-6-;;;;. The molecule has 3 heterocycles. The quantitative estimate of drug-likeness (QED) is 0.352. The van der Waals surface area contributed by atoms with Gasteiger partial charge in [0.1, 0.15) is 0 Å². The SMILES string of the molecule is C=C/C=C\c1cc(CC)[nH]c1C.CC.CC.CC.CC.Cc1ccc(C(C)N2CCCC3(CCCCN3)C2)cc1C. The lowest BCUT2D eigenvalue weighted by Crippen LogP contribution is -2.59. The lowest BCUT2D eigenvalue weighted by molar-refractivity contribution is 0.0720. The van der Waals surface area contributed by atoms with Crippen molar-refractivity contribution in [3.63, 3.8) is 0 Å². The van der Waals surface area contributed by atoms with Crippen LogP contribution in [-0.2, 0) is 6.42 Å². The summed E-state index contributed by atoms with van der Waals surface area (Å²) in [4.78, 5) is 6.02. The van der Waals surface area contributed by atoms with Gasteiger partial charge in [-0.15, -0.1) is 0 Å². The second kappa shape index (κ2) is 24.5. The number of nitrogens with zero attached hydrogens (tertiary/aromatic N) is 1. The Morgan fingerprint density at radius 2 is 1.54 bits per heavy atom. The molecule has 41 heavy (non-hydrogen) atoms. The third-order valence-corrected chi connectivity index (χ3v) is 7.65. The van der Waals surface area contributed by atoms with Gasteiger partial charge in [-0.1, -0.05) is 112 Å². The zero-order valence-corrected chi connectivity index (χ0v) is 29.6. The maximum absolute atomic E-state index is 3.85. The molecule has 0 bridgehead atoms. The first-order valence-corrected chi connectivity index (χ1v) is 16.9. The van der Waals surface area contributed by atoms with Crippen molar-refractivity contribution in [3.05, 3.63) is 76.6 Å². The summed E-state index contributed by atoms with van der Waals surface area (Å²) < 4.78 is 0. The zero-order valence-electron chi connectivity index (χ0n) is 29.6. The topological polar surface area (TPSA) is 31.1 Å². The number of H-pyrrole nitrogens is 1. The first-order valence-electron chi connectivity index (χ1n) is 16.9. The Morgan fingerprint density at radius 1 is 0.902 bits per heavy atom. The highest BCUT2D eigenvalue weighted by molar-refractivity contribution is 5.54. The molecule has 1 aromatic heterocycles. The number of piperidine rings is 2. The second-order valence-electron chi connectivity index (χ2n) is 10.1. The molecular weight excluding hydrogens is 498 g/mol. The Kier molecular flexibility index (Phi) is 24.5. The fourth-order valence-electron chi connectivity index (χ4n) is 5.29. The van der Waals surface area contributed by atoms with Gasteiger partial charge >= 0.3 is 0 Å². The average Bonchev–Trinajstić information content (AvgIpc) is 3.41.